The summed E-state index contributed by atoms with van der Waals surface area (Å²) in [5, 5.41) is 1.99. The molecule has 3 aromatic rings. The number of ether oxygens (including phenoxy) is 2. The number of hydrogen-bond donors (Lipinski definition) is 0. The Morgan fingerprint density at radius 3 is 2.44 bits per heavy atom. The van der Waals surface area contributed by atoms with Gasteiger partial charge >= 0.3 is 0 Å². The Balaban J connectivity index is 1.58. The lowest BCUT2D eigenvalue weighted by Crippen LogP contribution is -2.40. The maximum absolute atomic E-state index is 13.2. The third-order valence-electron chi connectivity index (χ3n) is 5.74. The van der Waals surface area contributed by atoms with Crippen LogP contribution in [-0.4, -0.2) is 37.4 Å². The van der Waals surface area contributed by atoms with Gasteiger partial charge in [-0.3, -0.25) is 9.59 Å². The normalized spacial score (nSPS) is 15.2. The van der Waals surface area contributed by atoms with Crippen molar-refractivity contribution in [2.24, 2.45) is 0 Å². The molecule has 0 radical (unpaired) electrons. The minimum absolute atomic E-state index is 0.0803. The van der Waals surface area contributed by atoms with Crippen molar-refractivity contribution < 1.29 is 23.5 Å². The van der Waals surface area contributed by atoms with E-state index in [4.69, 9.17) is 9.47 Å². The first kappa shape index (κ1) is 22.0. The molecular formula is C25H24FNO4S. The molecule has 166 valence electrons. The number of amides is 1. The molecule has 2 heterocycles. The molecule has 0 saturated carbocycles. The van der Waals surface area contributed by atoms with Crippen molar-refractivity contribution in [3.05, 3.63) is 81.3 Å². The monoisotopic (exact) mass is 453 g/mol. The summed E-state index contributed by atoms with van der Waals surface area (Å²) in [6.07, 6.45) is 0.868. The SMILES string of the molecule is COc1cc2c(cc1OC)C(c1cccs1)N(C(=O)CCC(=O)c1ccc(F)cc1)CC2. The molecule has 0 fully saturated rings. The van der Waals surface area contributed by atoms with E-state index in [9.17, 15) is 14.0 Å². The number of nitrogens with zero attached hydrogens (tertiary/aromatic N) is 1. The predicted octanol–water partition coefficient (Wildman–Crippen LogP) is 5.04. The van der Waals surface area contributed by atoms with Crippen LogP contribution in [0.1, 0.15) is 45.2 Å². The molecule has 1 amide bonds. The molecule has 2 aromatic carbocycles. The standard InChI is InChI=1S/C25H24FNO4S/c1-30-21-14-17-11-12-27(24(29)10-9-20(28)16-5-7-18(26)8-6-16)25(23-4-3-13-32-23)19(17)15-22(21)31-2/h3-8,13-15,25H,9-12H2,1-2H3. The molecule has 0 aliphatic carbocycles. The van der Waals surface area contributed by atoms with Crippen molar-refractivity contribution >= 4 is 23.0 Å². The number of benzene rings is 2. The van der Waals surface area contributed by atoms with Crippen LogP contribution < -0.4 is 9.47 Å². The van der Waals surface area contributed by atoms with E-state index in [0.717, 1.165) is 16.0 Å². The Labute approximate surface area is 190 Å². The van der Waals surface area contributed by atoms with Gasteiger partial charge < -0.3 is 14.4 Å². The number of halogens is 1. The molecule has 4 rings (SSSR count). The fourth-order valence-corrected chi connectivity index (χ4v) is 4.97. The molecule has 0 N–H and O–H groups in total. The number of fused-ring (bicyclic) bond motifs is 1. The van der Waals surface area contributed by atoms with E-state index in [-0.39, 0.29) is 30.6 Å². The third kappa shape index (κ3) is 4.39. The van der Waals surface area contributed by atoms with E-state index in [2.05, 4.69) is 0 Å². The summed E-state index contributed by atoms with van der Waals surface area (Å²) < 4.78 is 24.1. The summed E-state index contributed by atoms with van der Waals surface area (Å²) in [4.78, 5) is 28.6. The Kier molecular flexibility index (Phi) is 6.55. The van der Waals surface area contributed by atoms with Crippen LogP contribution in [0.15, 0.2) is 53.9 Å². The molecule has 0 spiro atoms. The summed E-state index contributed by atoms with van der Waals surface area (Å²) >= 11 is 1.59. The van der Waals surface area contributed by atoms with Gasteiger partial charge in [0.15, 0.2) is 17.3 Å². The zero-order valence-electron chi connectivity index (χ0n) is 18.0. The highest BCUT2D eigenvalue weighted by atomic mass is 32.1. The lowest BCUT2D eigenvalue weighted by atomic mass is 9.90. The Hall–Kier alpha value is -3.19. The number of rotatable bonds is 7. The fraction of sp³-hybridized carbons (Fsp3) is 0.280. The maximum atomic E-state index is 13.2. The minimum atomic E-state index is -0.393. The second kappa shape index (κ2) is 9.53. The molecular weight excluding hydrogens is 429 g/mol. The molecule has 1 aliphatic rings. The molecule has 0 bridgehead atoms. The average molecular weight is 454 g/mol. The van der Waals surface area contributed by atoms with Gasteiger partial charge in [0.05, 0.1) is 20.3 Å². The van der Waals surface area contributed by atoms with Crippen molar-refractivity contribution in [3.8, 4) is 11.5 Å². The third-order valence-corrected chi connectivity index (χ3v) is 6.66. The summed E-state index contributed by atoms with van der Waals surface area (Å²) in [6, 6.07) is 13.1. The van der Waals surface area contributed by atoms with Gasteiger partial charge in [0.1, 0.15) is 5.82 Å². The summed E-state index contributed by atoms with van der Waals surface area (Å²) in [7, 11) is 3.20. The number of carbonyl (C=O) groups excluding carboxylic acids is 2. The van der Waals surface area contributed by atoms with E-state index in [1.54, 1.807) is 25.6 Å². The van der Waals surface area contributed by atoms with Gasteiger partial charge in [0, 0.05) is 29.8 Å². The van der Waals surface area contributed by atoms with Crippen LogP contribution in [0, 0.1) is 5.82 Å². The van der Waals surface area contributed by atoms with Gasteiger partial charge in [0.25, 0.3) is 0 Å². The molecule has 5 nitrogen and oxygen atoms in total. The minimum Gasteiger partial charge on any atom is -0.493 e. The number of thiophene rings is 1. The van der Waals surface area contributed by atoms with Crippen molar-refractivity contribution in [1.29, 1.82) is 0 Å². The first-order valence-electron chi connectivity index (χ1n) is 10.4. The highest BCUT2D eigenvalue weighted by Gasteiger charge is 2.34. The molecule has 32 heavy (non-hydrogen) atoms. The van der Waals surface area contributed by atoms with Crippen LogP contribution in [0.25, 0.3) is 0 Å². The van der Waals surface area contributed by atoms with Gasteiger partial charge in [-0.05, 0) is 65.4 Å². The van der Waals surface area contributed by atoms with Crippen LogP contribution in [-0.2, 0) is 11.2 Å². The quantitative estimate of drug-likeness (QED) is 0.470. The van der Waals surface area contributed by atoms with Crippen LogP contribution in [0.4, 0.5) is 4.39 Å². The van der Waals surface area contributed by atoms with E-state index < -0.39 is 5.82 Å². The zero-order chi connectivity index (χ0) is 22.7. The lowest BCUT2D eigenvalue weighted by molar-refractivity contribution is -0.133. The Morgan fingerprint density at radius 1 is 1.06 bits per heavy atom. The average Bonchev–Trinajstić information content (AvgIpc) is 3.35. The largest absolute Gasteiger partial charge is 0.493 e. The molecule has 0 saturated heterocycles. The van der Waals surface area contributed by atoms with Gasteiger partial charge in [-0.15, -0.1) is 11.3 Å². The number of ketones is 1. The van der Waals surface area contributed by atoms with Crippen molar-refractivity contribution in [2.75, 3.05) is 20.8 Å². The second-order valence-corrected chi connectivity index (χ2v) is 8.57. The van der Waals surface area contributed by atoms with E-state index in [0.29, 0.717) is 30.0 Å². The topological polar surface area (TPSA) is 55.8 Å². The first-order valence-corrected chi connectivity index (χ1v) is 11.3. The van der Waals surface area contributed by atoms with Gasteiger partial charge in [-0.2, -0.15) is 0 Å². The lowest BCUT2D eigenvalue weighted by Gasteiger charge is -2.37. The van der Waals surface area contributed by atoms with Crippen LogP contribution in [0.5, 0.6) is 11.5 Å². The van der Waals surface area contributed by atoms with Crippen LogP contribution in [0.3, 0.4) is 0 Å². The number of Topliss-reactive ketones (excluding diaryl/α,β-unsaturated/α-hetero) is 1. The molecule has 1 aromatic heterocycles. The zero-order valence-corrected chi connectivity index (χ0v) is 18.8. The number of hydrogen-bond acceptors (Lipinski definition) is 5. The summed E-state index contributed by atoms with van der Waals surface area (Å²) in [5.41, 5.74) is 2.54. The van der Waals surface area contributed by atoms with E-state index >= 15 is 0 Å². The summed E-state index contributed by atoms with van der Waals surface area (Å²) in [5.74, 6) is 0.638. The molecule has 1 atom stereocenters. The maximum Gasteiger partial charge on any atom is 0.223 e. The number of methoxy groups -OCH3 is 2. The first-order chi connectivity index (χ1) is 15.5. The van der Waals surface area contributed by atoms with Crippen molar-refractivity contribution in [3.63, 3.8) is 0 Å². The smallest absolute Gasteiger partial charge is 0.223 e. The highest BCUT2D eigenvalue weighted by Crippen LogP contribution is 2.42. The molecule has 1 unspecified atom stereocenters. The van der Waals surface area contributed by atoms with Gasteiger partial charge in [-0.25, -0.2) is 4.39 Å². The molecule has 7 heteroatoms. The van der Waals surface area contributed by atoms with Crippen LogP contribution in [0.2, 0.25) is 0 Å². The predicted molar refractivity (Wildman–Crippen MR) is 121 cm³/mol. The van der Waals surface area contributed by atoms with Crippen LogP contribution >= 0.6 is 11.3 Å². The van der Waals surface area contributed by atoms with Gasteiger partial charge in [-0.1, -0.05) is 6.07 Å². The Morgan fingerprint density at radius 2 is 1.78 bits per heavy atom. The van der Waals surface area contributed by atoms with Crippen molar-refractivity contribution in [1.82, 2.24) is 4.90 Å². The second-order valence-electron chi connectivity index (χ2n) is 7.59. The highest BCUT2D eigenvalue weighted by molar-refractivity contribution is 7.10. The van der Waals surface area contributed by atoms with Gasteiger partial charge in [0.2, 0.25) is 5.91 Å². The molecule has 1 aliphatic heterocycles. The van der Waals surface area contributed by atoms with E-state index in [1.807, 2.05) is 34.5 Å². The van der Waals surface area contributed by atoms with E-state index in [1.165, 1.54) is 24.3 Å². The summed E-state index contributed by atoms with van der Waals surface area (Å²) in [6.45, 7) is 0.550. The number of carbonyl (C=O) groups is 2. The Bertz CT molecular complexity index is 1110. The van der Waals surface area contributed by atoms with Crippen molar-refractivity contribution in [2.45, 2.75) is 25.3 Å². The fourth-order valence-electron chi connectivity index (χ4n) is 4.11.